The van der Waals surface area contributed by atoms with Crippen molar-refractivity contribution in [3.05, 3.63) is 77.6 Å². The molecule has 0 aliphatic carbocycles. The van der Waals surface area contributed by atoms with Gasteiger partial charge in [0.2, 0.25) is 0 Å². The summed E-state index contributed by atoms with van der Waals surface area (Å²) in [7, 11) is 0. The second-order valence-electron chi connectivity index (χ2n) is 5.92. The largest absolute Gasteiger partial charge is 0.367 e. The van der Waals surface area contributed by atoms with Gasteiger partial charge in [-0.15, -0.1) is 11.8 Å². The molecule has 0 spiro atoms. The van der Waals surface area contributed by atoms with Crippen LogP contribution in [-0.4, -0.2) is 20.0 Å². The van der Waals surface area contributed by atoms with E-state index in [2.05, 4.69) is 10.1 Å². The summed E-state index contributed by atoms with van der Waals surface area (Å²) >= 11 is 1.48. The monoisotopic (exact) mass is 377 g/mol. The Morgan fingerprint density at radius 3 is 2.69 bits per heavy atom. The molecule has 3 aromatic rings. The molecule has 0 unspecified atom stereocenters. The van der Waals surface area contributed by atoms with Crippen LogP contribution in [0.15, 0.2) is 53.9 Å². The van der Waals surface area contributed by atoms with Crippen LogP contribution >= 0.6 is 11.8 Å². The fourth-order valence-corrected chi connectivity index (χ4v) is 4.35. The average Bonchev–Trinajstić information content (AvgIpc) is 3.23. The highest BCUT2D eigenvalue weighted by Crippen LogP contribution is 2.47. The quantitative estimate of drug-likeness (QED) is 0.670. The minimum atomic E-state index is -0.524. The molecule has 0 saturated heterocycles. The summed E-state index contributed by atoms with van der Waals surface area (Å²) in [5, 5.41) is 4.00. The van der Waals surface area contributed by atoms with Crippen molar-refractivity contribution < 1.29 is 17.9 Å². The first kappa shape index (κ1) is 17.1. The molecule has 134 valence electrons. The molecule has 0 saturated carbocycles. The summed E-state index contributed by atoms with van der Waals surface area (Å²) in [6, 6.07) is 7.77. The van der Waals surface area contributed by atoms with Crippen molar-refractivity contribution in [1.29, 1.82) is 0 Å². The first-order chi connectivity index (χ1) is 12.6. The highest BCUT2D eigenvalue weighted by Gasteiger charge is 2.35. The Hall–Kier alpha value is -2.32. The van der Waals surface area contributed by atoms with Gasteiger partial charge in [-0.2, -0.15) is 5.10 Å². The molecule has 26 heavy (non-hydrogen) atoms. The van der Waals surface area contributed by atoms with Crippen LogP contribution in [-0.2, 0) is 17.9 Å². The molecule has 1 aliphatic rings. The van der Waals surface area contributed by atoms with Gasteiger partial charge >= 0.3 is 0 Å². The standard InChI is InChI=1S/C18H14F3N3OS/c19-12-2-4-15(21)11(5-12)8-25-18-14-3-1-13(20)6-16(14)26-17(18)7-24-10-22-9-23-24/h1-6,9-10,17-18H,7-8H2/t17-,18-/m0/s1. The van der Waals surface area contributed by atoms with Gasteiger partial charge in [0.25, 0.3) is 0 Å². The minimum Gasteiger partial charge on any atom is -0.367 e. The number of thioether (sulfide) groups is 1. The summed E-state index contributed by atoms with van der Waals surface area (Å²) < 4.78 is 48.4. The van der Waals surface area contributed by atoms with Crippen molar-refractivity contribution in [2.75, 3.05) is 0 Å². The second kappa shape index (κ2) is 7.13. The molecule has 1 aliphatic heterocycles. The zero-order valence-corrected chi connectivity index (χ0v) is 14.3. The Labute approximate surface area is 152 Å². The molecule has 0 radical (unpaired) electrons. The molecular formula is C18H14F3N3OS. The van der Waals surface area contributed by atoms with Crippen LogP contribution in [0, 0.1) is 17.5 Å². The van der Waals surface area contributed by atoms with Crippen LogP contribution in [0.5, 0.6) is 0 Å². The number of rotatable bonds is 5. The number of fused-ring (bicyclic) bond motifs is 1. The van der Waals surface area contributed by atoms with Crippen LogP contribution in [0.3, 0.4) is 0 Å². The first-order valence-corrected chi connectivity index (χ1v) is 8.82. The highest BCUT2D eigenvalue weighted by atomic mass is 32.2. The van der Waals surface area contributed by atoms with E-state index in [-0.39, 0.29) is 23.2 Å². The molecule has 2 atom stereocenters. The Morgan fingerprint density at radius 2 is 1.88 bits per heavy atom. The Kier molecular flexibility index (Phi) is 4.69. The summed E-state index contributed by atoms with van der Waals surface area (Å²) in [6.45, 7) is 0.413. The predicted octanol–water partition coefficient (Wildman–Crippen LogP) is 4.13. The number of hydrogen-bond acceptors (Lipinski definition) is 4. The lowest BCUT2D eigenvalue weighted by Gasteiger charge is -2.20. The molecule has 1 aromatic heterocycles. The van der Waals surface area contributed by atoms with Crippen LogP contribution in [0.2, 0.25) is 0 Å². The fourth-order valence-electron chi connectivity index (χ4n) is 2.95. The molecular weight excluding hydrogens is 363 g/mol. The summed E-state index contributed by atoms with van der Waals surface area (Å²) in [4.78, 5) is 4.70. The van der Waals surface area contributed by atoms with Gasteiger partial charge in [0.1, 0.15) is 30.1 Å². The number of benzene rings is 2. The molecule has 2 heterocycles. The molecule has 8 heteroatoms. The number of halogens is 3. The number of ether oxygens (including phenoxy) is 1. The summed E-state index contributed by atoms with van der Waals surface area (Å²) in [5.41, 5.74) is 0.975. The first-order valence-electron chi connectivity index (χ1n) is 7.94. The molecule has 0 fully saturated rings. The van der Waals surface area contributed by atoms with Gasteiger partial charge in [-0.3, -0.25) is 4.68 Å². The SMILES string of the molecule is Fc1ccc(F)c(CO[C@H]2c3ccc(F)cc3S[C@H]2Cn2cncn2)c1. The van der Waals surface area contributed by atoms with E-state index in [4.69, 9.17) is 4.74 Å². The van der Waals surface area contributed by atoms with Crippen LogP contribution in [0.1, 0.15) is 17.2 Å². The Bertz CT molecular complexity index is 920. The van der Waals surface area contributed by atoms with Crippen molar-refractivity contribution in [2.24, 2.45) is 0 Å². The maximum absolute atomic E-state index is 13.9. The maximum atomic E-state index is 13.9. The third kappa shape index (κ3) is 3.47. The lowest BCUT2D eigenvalue weighted by atomic mass is 10.1. The van der Waals surface area contributed by atoms with Gasteiger partial charge in [0.15, 0.2) is 0 Å². The van der Waals surface area contributed by atoms with Gasteiger partial charge in [-0.25, -0.2) is 18.2 Å². The van der Waals surface area contributed by atoms with Crippen LogP contribution in [0.4, 0.5) is 13.2 Å². The van der Waals surface area contributed by atoms with E-state index in [1.54, 1.807) is 17.1 Å². The van der Waals surface area contributed by atoms with E-state index in [0.717, 1.165) is 28.7 Å². The lowest BCUT2D eigenvalue weighted by molar-refractivity contribution is 0.0344. The topological polar surface area (TPSA) is 39.9 Å². The highest BCUT2D eigenvalue weighted by molar-refractivity contribution is 8.00. The van der Waals surface area contributed by atoms with Crippen molar-refractivity contribution in [3.63, 3.8) is 0 Å². The van der Waals surface area contributed by atoms with Gasteiger partial charge in [0, 0.05) is 10.5 Å². The predicted molar refractivity (Wildman–Crippen MR) is 90.0 cm³/mol. The third-order valence-corrected chi connectivity index (χ3v) is 5.46. The van der Waals surface area contributed by atoms with Crippen LogP contribution in [0.25, 0.3) is 0 Å². The normalized spacial score (nSPS) is 18.9. The lowest BCUT2D eigenvalue weighted by Crippen LogP contribution is -2.20. The van der Waals surface area contributed by atoms with Crippen molar-refractivity contribution >= 4 is 11.8 Å². The zero-order valence-electron chi connectivity index (χ0n) is 13.5. The van der Waals surface area contributed by atoms with Gasteiger partial charge in [-0.05, 0) is 35.9 Å². The molecule has 0 N–H and O–H groups in total. The van der Waals surface area contributed by atoms with Crippen molar-refractivity contribution in [3.8, 4) is 0 Å². The maximum Gasteiger partial charge on any atom is 0.137 e. The van der Waals surface area contributed by atoms with Gasteiger partial charge in [0.05, 0.1) is 24.5 Å². The molecule has 0 amide bonds. The second-order valence-corrected chi connectivity index (χ2v) is 7.20. The molecule has 0 bridgehead atoms. The van der Waals surface area contributed by atoms with Crippen molar-refractivity contribution in [1.82, 2.24) is 14.8 Å². The van der Waals surface area contributed by atoms with Crippen LogP contribution < -0.4 is 0 Å². The molecule has 2 aromatic carbocycles. The van der Waals surface area contributed by atoms with Crippen molar-refractivity contribution in [2.45, 2.75) is 29.4 Å². The minimum absolute atomic E-state index is 0.0838. The third-order valence-electron chi connectivity index (χ3n) is 4.16. The molecule has 4 nitrogen and oxygen atoms in total. The van der Waals surface area contributed by atoms with Gasteiger partial charge < -0.3 is 4.74 Å². The fraction of sp³-hybridized carbons (Fsp3) is 0.222. The van der Waals surface area contributed by atoms with E-state index in [1.165, 1.54) is 30.2 Å². The molecule has 4 rings (SSSR count). The van der Waals surface area contributed by atoms with E-state index in [0.29, 0.717) is 6.54 Å². The van der Waals surface area contributed by atoms with Gasteiger partial charge in [-0.1, -0.05) is 6.07 Å². The number of aromatic nitrogens is 3. The van der Waals surface area contributed by atoms with E-state index >= 15 is 0 Å². The van der Waals surface area contributed by atoms with E-state index in [9.17, 15) is 13.2 Å². The summed E-state index contributed by atoms with van der Waals surface area (Å²) in [5.74, 6) is -1.37. The number of hydrogen-bond donors (Lipinski definition) is 0. The Balaban J connectivity index is 1.58. The van der Waals surface area contributed by atoms with E-state index < -0.39 is 17.7 Å². The number of nitrogens with zero attached hydrogens (tertiary/aromatic N) is 3. The smallest absolute Gasteiger partial charge is 0.137 e. The Morgan fingerprint density at radius 1 is 1.08 bits per heavy atom. The van der Waals surface area contributed by atoms with E-state index in [1.807, 2.05) is 0 Å². The average molecular weight is 377 g/mol. The summed E-state index contributed by atoms with van der Waals surface area (Å²) in [6.07, 6.45) is 2.63. The zero-order chi connectivity index (χ0) is 18.1.